The van der Waals surface area contributed by atoms with Gasteiger partial charge in [-0.1, -0.05) is 17.7 Å². The fourth-order valence-corrected chi connectivity index (χ4v) is 2.47. The molecule has 0 saturated heterocycles. The summed E-state index contributed by atoms with van der Waals surface area (Å²) in [6.07, 6.45) is 1.02. The van der Waals surface area contributed by atoms with Gasteiger partial charge in [-0.3, -0.25) is 9.69 Å². The van der Waals surface area contributed by atoms with E-state index in [4.69, 9.17) is 11.6 Å². The van der Waals surface area contributed by atoms with Gasteiger partial charge in [-0.25, -0.2) is 0 Å². The molecule has 1 aromatic carbocycles. The van der Waals surface area contributed by atoms with Crippen LogP contribution < -0.4 is 10.6 Å². The van der Waals surface area contributed by atoms with Crippen molar-refractivity contribution in [2.24, 2.45) is 0 Å². The van der Waals surface area contributed by atoms with Gasteiger partial charge >= 0.3 is 0 Å². The number of carbonyl (C=O) groups excluding carboxylic acids is 1. The number of likely N-dealkylation sites (N-methyl/N-ethyl adjacent to an activating group) is 1. The maximum atomic E-state index is 12.0. The van der Waals surface area contributed by atoms with Gasteiger partial charge in [0.25, 0.3) is 0 Å². The largest absolute Gasteiger partial charge is 0.323 e. The molecule has 4 nitrogen and oxygen atoms in total. The Bertz CT molecular complexity index is 439. The molecule has 1 rings (SSSR count). The molecule has 0 spiro atoms. The summed E-state index contributed by atoms with van der Waals surface area (Å²) in [7, 11) is 3.87. The average Bonchev–Trinajstić information content (AvgIpc) is 2.34. The van der Waals surface area contributed by atoms with Crippen molar-refractivity contribution in [1.82, 2.24) is 10.2 Å². The Morgan fingerprint density at radius 2 is 2.05 bits per heavy atom. The molecule has 1 amide bonds. The van der Waals surface area contributed by atoms with Crippen molar-refractivity contribution in [3.8, 4) is 0 Å². The third-order valence-electron chi connectivity index (χ3n) is 3.08. The molecule has 0 aromatic heterocycles. The number of aryl methyl sites for hydroxylation is 2. The first-order chi connectivity index (χ1) is 9.43. The van der Waals surface area contributed by atoms with E-state index in [1.807, 2.05) is 45.0 Å². The second-order valence-electron chi connectivity index (χ2n) is 5.18. The summed E-state index contributed by atoms with van der Waals surface area (Å²) < 4.78 is 0. The number of benzene rings is 1. The molecule has 0 saturated carbocycles. The molecule has 112 valence electrons. The van der Waals surface area contributed by atoms with Crippen LogP contribution in [0.5, 0.6) is 0 Å². The molecular weight excluding hydrogens is 274 g/mol. The first-order valence-corrected chi connectivity index (χ1v) is 7.21. The third kappa shape index (κ3) is 5.49. The van der Waals surface area contributed by atoms with Crippen molar-refractivity contribution in [1.29, 1.82) is 0 Å². The number of nitrogens with one attached hydrogen (secondary N) is 2. The van der Waals surface area contributed by atoms with Crippen molar-refractivity contribution >= 4 is 23.2 Å². The Labute approximate surface area is 126 Å². The first kappa shape index (κ1) is 17.0. The second kappa shape index (κ2) is 8.25. The molecule has 0 radical (unpaired) electrons. The third-order valence-corrected chi connectivity index (χ3v) is 3.37. The fraction of sp³-hybridized carbons (Fsp3) is 0.533. The highest BCUT2D eigenvalue weighted by Crippen LogP contribution is 2.27. The molecule has 2 N–H and O–H groups in total. The van der Waals surface area contributed by atoms with Gasteiger partial charge in [-0.05, 0) is 64.6 Å². The van der Waals surface area contributed by atoms with Crippen LogP contribution in [0.25, 0.3) is 0 Å². The van der Waals surface area contributed by atoms with Crippen molar-refractivity contribution in [3.05, 3.63) is 28.3 Å². The van der Waals surface area contributed by atoms with Crippen LogP contribution in [0.1, 0.15) is 17.5 Å². The van der Waals surface area contributed by atoms with Gasteiger partial charge < -0.3 is 10.6 Å². The van der Waals surface area contributed by atoms with Crippen LogP contribution in [-0.4, -0.2) is 44.5 Å². The summed E-state index contributed by atoms with van der Waals surface area (Å²) in [4.78, 5) is 14.0. The summed E-state index contributed by atoms with van der Waals surface area (Å²) >= 11 is 6.18. The zero-order chi connectivity index (χ0) is 15.1. The fourth-order valence-electron chi connectivity index (χ4n) is 2.10. The summed E-state index contributed by atoms with van der Waals surface area (Å²) in [6.45, 7) is 6.14. The van der Waals surface area contributed by atoms with Crippen LogP contribution in [0, 0.1) is 13.8 Å². The van der Waals surface area contributed by atoms with Crippen molar-refractivity contribution < 1.29 is 4.79 Å². The van der Waals surface area contributed by atoms with E-state index in [-0.39, 0.29) is 5.91 Å². The molecule has 0 heterocycles. The van der Waals surface area contributed by atoms with Gasteiger partial charge in [0.05, 0.1) is 17.3 Å². The molecule has 0 atom stereocenters. The van der Waals surface area contributed by atoms with Crippen LogP contribution in [0.3, 0.4) is 0 Å². The zero-order valence-electron chi connectivity index (χ0n) is 12.7. The highest BCUT2D eigenvalue weighted by atomic mass is 35.5. The van der Waals surface area contributed by atoms with Crippen molar-refractivity contribution in [3.63, 3.8) is 0 Å². The summed E-state index contributed by atoms with van der Waals surface area (Å²) in [5, 5.41) is 6.58. The van der Waals surface area contributed by atoms with E-state index in [0.717, 1.165) is 30.6 Å². The lowest BCUT2D eigenvalue weighted by atomic mass is 10.1. The number of rotatable bonds is 7. The Morgan fingerprint density at radius 1 is 1.35 bits per heavy atom. The Hall–Kier alpha value is -1.10. The summed E-state index contributed by atoms with van der Waals surface area (Å²) in [6, 6.07) is 3.87. The van der Waals surface area contributed by atoms with Crippen LogP contribution in [-0.2, 0) is 4.79 Å². The standard InChI is InChI=1S/C15H24ClN3O/c1-11-8-12(2)15(13(16)9-11)18-14(20)10-19(4)7-5-6-17-3/h8-9,17H,5-7,10H2,1-4H3,(H,18,20). The van der Waals surface area contributed by atoms with E-state index in [0.29, 0.717) is 17.3 Å². The minimum absolute atomic E-state index is 0.0363. The van der Waals surface area contributed by atoms with Gasteiger partial charge in [0.2, 0.25) is 5.91 Å². The highest BCUT2D eigenvalue weighted by molar-refractivity contribution is 6.34. The van der Waals surface area contributed by atoms with Gasteiger partial charge in [0.1, 0.15) is 0 Å². The van der Waals surface area contributed by atoms with Crippen LogP contribution in [0.2, 0.25) is 5.02 Å². The van der Waals surface area contributed by atoms with Gasteiger partial charge in [0, 0.05) is 0 Å². The van der Waals surface area contributed by atoms with E-state index in [1.54, 1.807) is 0 Å². The monoisotopic (exact) mass is 297 g/mol. The highest BCUT2D eigenvalue weighted by Gasteiger charge is 2.11. The number of halogens is 1. The molecule has 0 aliphatic carbocycles. The van der Waals surface area contributed by atoms with E-state index in [2.05, 4.69) is 10.6 Å². The average molecular weight is 298 g/mol. The van der Waals surface area contributed by atoms with E-state index >= 15 is 0 Å². The number of carbonyl (C=O) groups is 1. The smallest absolute Gasteiger partial charge is 0.238 e. The van der Waals surface area contributed by atoms with Crippen LogP contribution in [0.4, 0.5) is 5.69 Å². The number of anilines is 1. The molecule has 1 aromatic rings. The quantitative estimate of drug-likeness (QED) is 0.760. The molecular formula is C15H24ClN3O. The Kier molecular flexibility index (Phi) is 6.99. The van der Waals surface area contributed by atoms with Crippen LogP contribution in [0.15, 0.2) is 12.1 Å². The Balaban J connectivity index is 2.54. The van der Waals surface area contributed by atoms with E-state index in [1.165, 1.54) is 0 Å². The number of amides is 1. The lowest BCUT2D eigenvalue weighted by Crippen LogP contribution is -2.32. The molecule has 0 unspecified atom stereocenters. The molecule has 5 heteroatoms. The lowest BCUT2D eigenvalue weighted by Gasteiger charge is -2.17. The summed E-state index contributed by atoms with van der Waals surface area (Å²) in [5.74, 6) is -0.0363. The van der Waals surface area contributed by atoms with Crippen molar-refractivity contribution in [2.45, 2.75) is 20.3 Å². The Morgan fingerprint density at radius 3 is 2.65 bits per heavy atom. The predicted molar refractivity (Wildman–Crippen MR) is 85.6 cm³/mol. The normalized spacial score (nSPS) is 10.9. The maximum Gasteiger partial charge on any atom is 0.238 e. The number of nitrogens with zero attached hydrogens (tertiary/aromatic N) is 1. The zero-order valence-corrected chi connectivity index (χ0v) is 13.5. The first-order valence-electron chi connectivity index (χ1n) is 6.83. The number of hydrogen-bond donors (Lipinski definition) is 2. The summed E-state index contributed by atoms with van der Waals surface area (Å²) in [5.41, 5.74) is 2.79. The van der Waals surface area contributed by atoms with Crippen molar-refractivity contribution in [2.75, 3.05) is 39.0 Å². The van der Waals surface area contributed by atoms with Gasteiger partial charge in [-0.2, -0.15) is 0 Å². The predicted octanol–water partition coefficient (Wildman–Crippen LogP) is 2.44. The van der Waals surface area contributed by atoms with E-state index < -0.39 is 0 Å². The molecule has 0 fully saturated rings. The van der Waals surface area contributed by atoms with Gasteiger partial charge in [-0.15, -0.1) is 0 Å². The minimum atomic E-state index is -0.0363. The van der Waals surface area contributed by atoms with E-state index in [9.17, 15) is 4.79 Å². The minimum Gasteiger partial charge on any atom is -0.323 e. The molecule has 0 aliphatic heterocycles. The second-order valence-corrected chi connectivity index (χ2v) is 5.59. The molecule has 0 aliphatic rings. The lowest BCUT2D eigenvalue weighted by molar-refractivity contribution is -0.117. The maximum absolute atomic E-state index is 12.0. The topological polar surface area (TPSA) is 44.4 Å². The SMILES string of the molecule is CNCCCN(C)CC(=O)Nc1c(C)cc(C)cc1Cl. The molecule has 0 bridgehead atoms. The number of hydrogen-bond acceptors (Lipinski definition) is 3. The van der Waals surface area contributed by atoms with Crippen LogP contribution >= 0.6 is 11.6 Å². The van der Waals surface area contributed by atoms with Gasteiger partial charge in [0.15, 0.2) is 0 Å². The molecule has 20 heavy (non-hydrogen) atoms.